The van der Waals surface area contributed by atoms with E-state index in [0.717, 1.165) is 30.6 Å². The van der Waals surface area contributed by atoms with Gasteiger partial charge in [-0.15, -0.1) is 0 Å². The molecule has 1 N–H and O–H groups in total. The first kappa shape index (κ1) is 14.3. The van der Waals surface area contributed by atoms with Crippen LogP contribution >= 0.6 is 11.8 Å². The molecule has 1 atom stereocenters. The number of aromatic nitrogens is 1. The van der Waals surface area contributed by atoms with Gasteiger partial charge in [0.15, 0.2) is 0 Å². The lowest BCUT2D eigenvalue weighted by molar-refractivity contribution is 0.252. The van der Waals surface area contributed by atoms with Crippen molar-refractivity contribution in [2.24, 2.45) is 0 Å². The van der Waals surface area contributed by atoms with Gasteiger partial charge in [0.2, 0.25) is 0 Å². The van der Waals surface area contributed by atoms with Gasteiger partial charge in [0.1, 0.15) is 0 Å². The molecule has 110 valence electrons. The number of benzene rings is 1. The number of nitrogens with zero attached hydrogens (tertiary/aromatic N) is 1. The van der Waals surface area contributed by atoms with Gasteiger partial charge in [-0.1, -0.05) is 17.8 Å². The number of halogens is 2. The average molecular weight is 306 g/mol. The molecule has 0 radical (unpaired) electrons. The van der Waals surface area contributed by atoms with E-state index in [2.05, 4.69) is 16.4 Å². The van der Waals surface area contributed by atoms with Gasteiger partial charge >= 0.3 is 0 Å². The third-order valence-corrected chi connectivity index (χ3v) is 4.34. The molecule has 3 rings (SSSR count). The number of fused-ring (bicyclic) bond motifs is 1. The third kappa shape index (κ3) is 3.53. The van der Waals surface area contributed by atoms with Gasteiger partial charge < -0.3 is 5.32 Å². The molecule has 0 amide bonds. The zero-order valence-electron chi connectivity index (χ0n) is 11.4. The van der Waals surface area contributed by atoms with Crippen molar-refractivity contribution in [2.45, 2.75) is 36.0 Å². The van der Waals surface area contributed by atoms with E-state index in [1.54, 1.807) is 12.1 Å². The summed E-state index contributed by atoms with van der Waals surface area (Å²) in [5, 5.41) is 3.46. The molecule has 5 heteroatoms. The Labute approximate surface area is 127 Å². The number of alkyl halides is 2. The minimum absolute atomic E-state index is 0.198. The van der Waals surface area contributed by atoms with Gasteiger partial charge in [-0.25, -0.2) is 0 Å². The van der Waals surface area contributed by atoms with Crippen molar-refractivity contribution < 1.29 is 8.78 Å². The highest BCUT2D eigenvalue weighted by Gasteiger charge is 2.20. The largest absolute Gasteiger partial charge is 0.377 e. The van der Waals surface area contributed by atoms with Crippen molar-refractivity contribution in [1.29, 1.82) is 0 Å². The summed E-state index contributed by atoms with van der Waals surface area (Å²) in [7, 11) is 0. The number of nitrogens with one attached hydrogen (secondary N) is 1. The minimum Gasteiger partial charge on any atom is -0.377 e. The van der Waals surface area contributed by atoms with Crippen LogP contribution in [0.2, 0.25) is 0 Å². The summed E-state index contributed by atoms with van der Waals surface area (Å²) in [6.45, 7) is 0. The summed E-state index contributed by atoms with van der Waals surface area (Å²) < 4.78 is 24.6. The van der Waals surface area contributed by atoms with E-state index in [4.69, 9.17) is 0 Å². The lowest BCUT2D eigenvalue weighted by atomic mass is 9.92. The van der Waals surface area contributed by atoms with E-state index < -0.39 is 5.76 Å². The van der Waals surface area contributed by atoms with Gasteiger partial charge in [-0.2, -0.15) is 8.78 Å². The maximum atomic E-state index is 12.3. The molecule has 0 fully saturated rings. The molecule has 2 nitrogen and oxygen atoms in total. The molecule has 0 spiro atoms. The third-order valence-electron chi connectivity index (χ3n) is 3.62. The fourth-order valence-corrected chi connectivity index (χ4v) is 3.18. The van der Waals surface area contributed by atoms with Crippen LogP contribution in [0.25, 0.3) is 0 Å². The monoisotopic (exact) mass is 306 g/mol. The quantitative estimate of drug-likeness (QED) is 0.814. The Kier molecular flexibility index (Phi) is 4.39. The molecule has 1 aliphatic rings. The molecule has 1 aromatic heterocycles. The van der Waals surface area contributed by atoms with Crippen molar-refractivity contribution in [3.8, 4) is 0 Å². The van der Waals surface area contributed by atoms with Gasteiger partial charge in [0.25, 0.3) is 5.76 Å². The van der Waals surface area contributed by atoms with Crippen molar-refractivity contribution in [3.05, 3.63) is 53.9 Å². The van der Waals surface area contributed by atoms with Crippen molar-refractivity contribution >= 4 is 17.4 Å². The standard InChI is InChI=1S/C16H16F2N2S/c17-16(18)21-13-8-6-12(7-9-13)20-14-5-1-3-11-4-2-10-19-15(11)14/h2,4,6-10,14,16,20H,1,3,5H2. The number of rotatable bonds is 4. The van der Waals surface area contributed by atoms with Crippen molar-refractivity contribution in [3.63, 3.8) is 0 Å². The first-order chi connectivity index (χ1) is 10.2. The summed E-state index contributed by atoms with van der Waals surface area (Å²) in [4.78, 5) is 5.07. The number of hydrogen-bond acceptors (Lipinski definition) is 3. The van der Waals surface area contributed by atoms with Gasteiger partial charge in [0, 0.05) is 16.8 Å². The molecule has 0 bridgehead atoms. The summed E-state index contributed by atoms with van der Waals surface area (Å²) in [6, 6.07) is 11.4. The van der Waals surface area contributed by atoms with Crippen LogP contribution < -0.4 is 5.32 Å². The van der Waals surface area contributed by atoms with Gasteiger partial charge in [0.05, 0.1) is 11.7 Å². The molecule has 0 aliphatic heterocycles. The van der Waals surface area contributed by atoms with Crippen LogP contribution in [0.4, 0.5) is 14.5 Å². The Morgan fingerprint density at radius 2 is 2.00 bits per heavy atom. The van der Waals surface area contributed by atoms with Crippen LogP contribution in [0.3, 0.4) is 0 Å². The second kappa shape index (κ2) is 6.43. The minimum atomic E-state index is -2.38. The Morgan fingerprint density at radius 3 is 2.76 bits per heavy atom. The molecule has 0 saturated carbocycles. The van der Waals surface area contributed by atoms with E-state index in [1.165, 1.54) is 5.56 Å². The topological polar surface area (TPSA) is 24.9 Å². The predicted octanol–water partition coefficient (Wildman–Crippen LogP) is 4.89. The summed E-state index contributed by atoms with van der Waals surface area (Å²) in [6.07, 6.45) is 5.07. The molecule has 1 unspecified atom stereocenters. The number of hydrogen-bond donors (Lipinski definition) is 1. The number of pyridine rings is 1. The van der Waals surface area contributed by atoms with Crippen LogP contribution in [0.1, 0.15) is 30.1 Å². The molecular formula is C16H16F2N2S. The van der Waals surface area contributed by atoms with Crippen LogP contribution in [-0.2, 0) is 6.42 Å². The van der Waals surface area contributed by atoms with E-state index in [-0.39, 0.29) is 6.04 Å². The number of anilines is 1. The Morgan fingerprint density at radius 1 is 1.19 bits per heavy atom. The fourth-order valence-electron chi connectivity index (χ4n) is 2.68. The number of thioether (sulfide) groups is 1. The van der Waals surface area contributed by atoms with Crippen molar-refractivity contribution in [2.75, 3.05) is 5.32 Å². The highest BCUT2D eigenvalue weighted by Crippen LogP contribution is 2.32. The highest BCUT2D eigenvalue weighted by atomic mass is 32.2. The van der Waals surface area contributed by atoms with E-state index >= 15 is 0 Å². The van der Waals surface area contributed by atoms with E-state index in [0.29, 0.717) is 16.7 Å². The summed E-state index contributed by atoms with van der Waals surface area (Å²) >= 11 is 0.568. The molecular weight excluding hydrogens is 290 g/mol. The zero-order valence-corrected chi connectivity index (χ0v) is 12.2. The maximum absolute atomic E-state index is 12.3. The molecule has 2 aromatic rings. The summed E-state index contributed by atoms with van der Waals surface area (Å²) in [5.41, 5.74) is 3.35. The van der Waals surface area contributed by atoms with Gasteiger partial charge in [-0.05, 0) is 55.2 Å². The van der Waals surface area contributed by atoms with Crippen LogP contribution in [0.15, 0.2) is 47.5 Å². The van der Waals surface area contributed by atoms with Crippen LogP contribution in [0, 0.1) is 0 Å². The lowest BCUT2D eigenvalue weighted by Gasteiger charge is -2.26. The highest BCUT2D eigenvalue weighted by molar-refractivity contribution is 7.99. The average Bonchev–Trinajstić information content (AvgIpc) is 2.49. The molecule has 1 heterocycles. The predicted molar refractivity (Wildman–Crippen MR) is 81.8 cm³/mol. The molecule has 1 aliphatic carbocycles. The Balaban J connectivity index is 1.73. The molecule has 1 aromatic carbocycles. The normalized spacial score (nSPS) is 17.6. The second-order valence-electron chi connectivity index (χ2n) is 5.04. The second-order valence-corrected chi connectivity index (χ2v) is 6.10. The number of aryl methyl sites for hydroxylation is 1. The molecule has 0 saturated heterocycles. The Bertz CT molecular complexity index is 601. The van der Waals surface area contributed by atoms with Gasteiger partial charge in [-0.3, -0.25) is 4.98 Å². The van der Waals surface area contributed by atoms with Crippen molar-refractivity contribution in [1.82, 2.24) is 4.98 Å². The zero-order chi connectivity index (χ0) is 14.7. The first-order valence-corrected chi connectivity index (χ1v) is 7.85. The van der Waals surface area contributed by atoms with E-state index in [9.17, 15) is 8.78 Å². The maximum Gasteiger partial charge on any atom is 0.288 e. The smallest absolute Gasteiger partial charge is 0.288 e. The lowest BCUT2D eigenvalue weighted by Crippen LogP contribution is -2.18. The molecule has 21 heavy (non-hydrogen) atoms. The van der Waals surface area contributed by atoms with Crippen LogP contribution in [-0.4, -0.2) is 10.7 Å². The fraction of sp³-hybridized carbons (Fsp3) is 0.312. The van der Waals surface area contributed by atoms with Crippen LogP contribution in [0.5, 0.6) is 0 Å². The first-order valence-electron chi connectivity index (χ1n) is 6.97. The summed E-state index contributed by atoms with van der Waals surface area (Å²) in [5.74, 6) is -2.38. The van der Waals surface area contributed by atoms with E-state index in [1.807, 2.05) is 24.4 Å². The SMILES string of the molecule is FC(F)Sc1ccc(NC2CCCc3cccnc32)cc1. The Hall–Kier alpha value is -1.62.